The van der Waals surface area contributed by atoms with E-state index in [2.05, 4.69) is 61.6 Å². The smallest absolute Gasteiger partial charge is 0.454 e. The molecule has 0 heterocycles. The molecule has 0 aliphatic heterocycles. The molecular formula is C26H24O2Si. The SMILES string of the molecule is C[Si](C)(Oc1ccc(-c2ccccc2)cc1)Oc1ccc(-c2ccccc2)cc1. The van der Waals surface area contributed by atoms with Crippen molar-refractivity contribution in [1.29, 1.82) is 0 Å². The molecule has 0 aliphatic carbocycles. The zero-order valence-corrected chi connectivity index (χ0v) is 17.7. The minimum atomic E-state index is -2.38. The second kappa shape index (κ2) is 8.37. The molecule has 4 aromatic rings. The largest absolute Gasteiger partial charge is 0.512 e. The molecule has 2 nitrogen and oxygen atoms in total. The van der Waals surface area contributed by atoms with Crippen LogP contribution in [0.1, 0.15) is 0 Å². The molecule has 0 N–H and O–H groups in total. The van der Waals surface area contributed by atoms with Crippen molar-refractivity contribution in [3.63, 3.8) is 0 Å². The second-order valence-corrected chi connectivity index (χ2v) is 10.6. The summed E-state index contributed by atoms with van der Waals surface area (Å²) in [5.74, 6) is 1.67. The highest BCUT2D eigenvalue weighted by Crippen LogP contribution is 2.26. The summed E-state index contributed by atoms with van der Waals surface area (Å²) in [5.41, 5.74) is 4.75. The average molecular weight is 397 g/mol. The Balaban J connectivity index is 1.42. The van der Waals surface area contributed by atoms with Crippen molar-refractivity contribution in [1.82, 2.24) is 0 Å². The first-order chi connectivity index (χ1) is 14.1. The molecule has 0 atom stereocenters. The van der Waals surface area contributed by atoms with E-state index in [1.807, 2.05) is 60.7 Å². The van der Waals surface area contributed by atoms with Crippen LogP contribution in [0.5, 0.6) is 11.5 Å². The third kappa shape index (κ3) is 4.95. The van der Waals surface area contributed by atoms with Crippen LogP contribution >= 0.6 is 0 Å². The van der Waals surface area contributed by atoms with E-state index in [-0.39, 0.29) is 0 Å². The van der Waals surface area contributed by atoms with Gasteiger partial charge in [0.1, 0.15) is 11.5 Å². The standard InChI is InChI=1S/C26H24O2Si/c1-29(2,27-25-17-13-23(14-18-25)21-9-5-3-6-10-21)28-26-19-15-24(16-20-26)22-11-7-4-8-12-22/h3-20H,1-2H3. The van der Waals surface area contributed by atoms with Crippen molar-refractivity contribution in [2.75, 3.05) is 0 Å². The molecule has 4 rings (SSSR count). The fraction of sp³-hybridized carbons (Fsp3) is 0.0769. The summed E-state index contributed by atoms with van der Waals surface area (Å²) in [4.78, 5) is 0. The Kier molecular flexibility index (Phi) is 5.50. The van der Waals surface area contributed by atoms with Crippen molar-refractivity contribution in [3.05, 3.63) is 109 Å². The molecule has 144 valence electrons. The van der Waals surface area contributed by atoms with Gasteiger partial charge in [-0.05, 0) is 46.5 Å². The summed E-state index contributed by atoms with van der Waals surface area (Å²) in [7, 11) is -2.38. The number of benzene rings is 4. The summed E-state index contributed by atoms with van der Waals surface area (Å²) in [6.07, 6.45) is 0. The molecule has 0 saturated carbocycles. The quantitative estimate of drug-likeness (QED) is 0.321. The molecule has 0 amide bonds. The maximum absolute atomic E-state index is 6.23. The Bertz CT molecular complexity index is 954. The predicted molar refractivity (Wildman–Crippen MR) is 122 cm³/mol. The zero-order chi connectivity index (χ0) is 20.1. The Morgan fingerprint density at radius 3 is 1.07 bits per heavy atom. The van der Waals surface area contributed by atoms with Gasteiger partial charge in [-0.15, -0.1) is 0 Å². The van der Waals surface area contributed by atoms with E-state index in [1.54, 1.807) is 0 Å². The van der Waals surface area contributed by atoms with Gasteiger partial charge < -0.3 is 8.85 Å². The van der Waals surface area contributed by atoms with Gasteiger partial charge >= 0.3 is 8.56 Å². The van der Waals surface area contributed by atoms with Gasteiger partial charge in [0.2, 0.25) is 0 Å². The van der Waals surface area contributed by atoms with E-state index in [0.717, 1.165) is 11.5 Å². The highest BCUT2D eigenvalue weighted by molar-refractivity contribution is 6.66. The molecule has 0 aromatic heterocycles. The van der Waals surface area contributed by atoms with E-state index >= 15 is 0 Å². The van der Waals surface area contributed by atoms with Crippen molar-refractivity contribution in [2.45, 2.75) is 13.1 Å². The van der Waals surface area contributed by atoms with Gasteiger partial charge in [-0.25, -0.2) is 0 Å². The minimum Gasteiger partial charge on any atom is -0.512 e. The Hall–Kier alpha value is -3.30. The lowest BCUT2D eigenvalue weighted by molar-refractivity contribution is 0.400. The maximum atomic E-state index is 6.23. The lowest BCUT2D eigenvalue weighted by atomic mass is 10.1. The van der Waals surface area contributed by atoms with Gasteiger partial charge in [0, 0.05) is 13.1 Å². The van der Waals surface area contributed by atoms with E-state index in [9.17, 15) is 0 Å². The van der Waals surface area contributed by atoms with Crippen molar-refractivity contribution in [3.8, 4) is 33.8 Å². The normalized spacial score (nSPS) is 11.1. The molecule has 29 heavy (non-hydrogen) atoms. The summed E-state index contributed by atoms with van der Waals surface area (Å²) in [6.45, 7) is 4.12. The Morgan fingerprint density at radius 1 is 0.414 bits per heavy atom. The lowest BCUT2D eigenvalue weighted by Crippen LogP contribution is -2.41. The first-order valence-corrected chi connectivity index (χ1v) is 12.6. The molecule has 0 fully saturated rings. The minimum absolute atomic E-state index is 0.835. The average Bonchev–Trinajstić information content (AvgIpc) is 2.75. The summed E-state index contributed by atoms with van der Waals surface area (Å²) < 4.78 is 12.5. The lowest BCUT2D eigenvalue weighted by Gasteiger charge is -2.25. The van der Waals surface area contributed by atoms with Crippen LogP contribution in [0.4, 0.5) is 0 Å². The van der Waals surface area contributed by atoms with Gasteiger partial charge in [-0.2, -0.15) is 0 Å². The van der Waals surface area contributed by atoms with Crippen LogP contribution in [0.3, 0.4) is 0 Å². The van der Waals surface area contributed by atoms with Crippen molar-refractivity contribution in [2.24, 2.45) is 0 Å². The summed E-state index contributed by atoms with van der Waals surface area (Å²) in [6, 6.07) is 37.1. The van der Waals surface area contributed by atoms with E-state index in [0.29, 0.717) is 0 Å². The third-order valence-electron chi connectivity index (χ3n) is 4.65. The number of hydrogen-bond acceptors (Lipinski definition) is 2. The Labute approximate surface area is 173 Å². The zero-order valence-electron chi connectivity index (χ0n) is 16.7. The summed E-state index contributed by atoms with van der Waals surface area (Å²) >= 11 is 0. The van der Waals surface area contributed by atoms with Gasteiger partial charge in [0.15, 0.2) is 0 Å². The fourth-order valence-corrected chi connectivity index (χ4v) is 4.73. The fourth-order valence-electron chi connectivity index (χ4n) is 3.28. The van der Waals surface area contributed by atoms with Crippen LogP contribution in [0.25, 0.3) is 22.3 Å². The van der Waals surface area contributed by atoms with Crippen molar-refractivity contribution < 1.29 is 8.85 Å². The first-order valence-electron chi connectivity index (χ1n) is 9.78. The van der Waals surface area contributed by atoms with E-state index in [1.165, 1.54) is 22.3 Å². The van der Waals surface area contributed by atoms with Crippen LogP contribution in [-0.2, 0) is 0 Å². The highest BCUT2D eigenvalue weighted by Gasteiger charge is 2.29. The molecule has 0 unspecified atom stereocenters. The molecule has 0 spiro atoms. The van der Waals surface area contributed by atoms with Gasteiger partial charge in [0.25, 0.3) is 0 Å². The first kappa shape index (κ1) is 19.0. The third-order valence-corrected chi connectivity index (χ3v) is 6.10. The number of hydrogen-bond donors (Lipinski definition) is 0. The molecule has 0 radical (unpaired) electrons. The molecule has 0 aliphatic rings. The van der Waals surface area contributed by atoms with Crippen LogP contribution in [0.2, 0.25) is 13.1 Å². The molecule has 4 aromatic carbocycles. The topological polar surface area (TPSA) is 18.5 Å². The monoisotopic (exact) mass is 396 g/mol. The molecule has 3 heteroatoms. The highest BCUT2D eigenvalue weighted by atomic mass is 28.4. The maximum Gasteiger partial charge on any atom is 0.454 e. The van der Waals surface area contributed by atoms with Crippen LogP contribution in [0, 0.1) is 0 Å². The van der Waals surface area contributed by atoms with E-state index < -0.39 is 8.56 Å². The molecular weight excluding hydrogens is 372 g/mol. The van der Waals surface area contributed by atoms with Gasteiger partial charge in [-0.1, -0.05) is 84.9 Å². The number of rotatable bonds is 6. The summed E-state index contributed by atoms with van der Waals surface area (Å²) in [5, 5.41) is 0. The molecule has 0 saturated heterocycles. The molecule has 0 bridgehead atoms. The predicted octanol–water partition coefficient (Wildman–Crippen LogP) is 7.18. The van der Waals surface area contributed by atoms with Crippen molar-refractivity contribution >= 4 is 8.56 Å². The van der Waals surface area contributed by atoms with Crippen LogP contribution in [-0.4, -0.2) is 8.56 Å². The second-order valence-electron chi connectivity index (χ2n) is 7.38. The Morgan fingerprint density at radius 2 is 0.724 bits per heavy atom. The van der Waals surface area contributed by atoms with Crippen LogP contribution in [0.15, 0.2) is 109 Å². The van der Waals surface area contributed by atoms with Gasteiger partial charge in [-0.3, -0.25) is 0 Å². The van der Waals surface area contributed by atoms with Crippen LogP contribution < -0.4 is 8.85 Å². The van der Waals surface area contributed by atoms with Gasteiger partial charge in [0.05, 0.1) is 0 Å². The van der Waals surface area contributed by atoms with E-state index in [4.69, 9.17) is 8.85 Å².